The van der Waals surface area contributed by atoms with E-state index in [0.717, 1.165) is 5.56 Å². The first-order chi connectivity index (χ1) is 8.56. The fourth-order valence-electron chi connectivity index (χ4n) is 1.57. The molecule has 0 saturated heterocycles. The number of rotatable bonds is 4. The van der Waals surface area contributed by atoms with E-state index in [1.807, 2.05) is 25.3 Å². The fourth-order valence-corrected chi connectivity index (χ4v) is 1.57. The van der Waals surface area contributed by atoms with Crippen molar-refractivity contribution in [2.75, 3.05) is 6.54 Å². The Labute approximate surface area is 103 Å². The second kappa shape index (κ2) is 4.87. The maximum atomic E-state index is 11.7. The van der Waals surface area contributed by atoms with Gasteiger partial charge in [-0.2, -0.15) is 0 Å². The Bertz CT molecular complexity index is 604. The number of fused-ring (bicyclic) bond motifs is 1. The highest BCUT2D eigenvalue weighted by molar-refractivity contribution is 5.93. The Hall–Kier alpha value is -2.37. The third kappa shape index (κ3) is 2.65. The number of aliphatic carboxylic acids is 1. The minimum atomic E-state index is -0.944. The molecular weight excluding hydrogens is 234 g/mol. The van der Waals surface area contributed by atoms with E-state index in [9.17, 15) is 9.59 Å². The molecule has 0 aliphatic carbocycles. The Morgan fingerprint density at radius 3 is 3.00 bits per heavy atom. The van der Waals surface area contributed by atoms with Crippen molar-refractivity contribution < 1.29 is 14.7 Å². The molecule has 2 rings (SSSR count). The van der Waals surface area contributed by atoms with Crippen molar-refractivity contribution in [1.82, 2.24) is 14.7 Å². The second-order valence-corrected chi connectivity index (χ2v) is 4.00. The molecule has 0 radical (unpaired) electrons. The predicted octanol–water partition coefficient (Wildman–Crippen LogP) is 0.847. The molecule has 0 aromatic carbocycles. The number of hydrogen-bond acceptors (Lipinski definition) is 3. The molecule has 1 amide bonds. The number of carbonyl (C=O) groups is 2. The van der Waals surface area contributed by atoms with Crippen molar-refractivity contribution in [2.45, 2.75) is 13.3 Å². The van der Waals surface area contributed by atoms with E-state index in [0.29, 0.717) is 5.65 Å². The number of nitrogens with zero attached hydrogens (tertiary/aromatic N) is 2. The lowest BCUT2D eigenvalue weighted by Crippen LogP contribution is -2.26. The van der Waals surface area contributed by atoms with Gasteiger partial charge in [0, 0.05) is 18.9 Å². The highest BCUT2D eigenvalue weighted by Gasteiger charge is 2.10. The van der Waals surface area contributed by atoms with Crippen molar-refractivity contribution in [2.24, 2.45) is 0 Å². The zero-order chi connectivity index (χ0) is 13.1. The summed E-state index contributed by atoms with van der Waals surface area (Å²) in [7, 11) is 0. The highest BCUT2D eigenvalue weighted by Crippen LogP contribution is 2.07. The Kier molecular flexibility index (Phi) is 3.27. The van der Waals surface area contributed by atoms with Crippen molar-refractivity contribution >= 4 is 17.5 Å². The summed E-state index contributed by atoms with van der Waals surface area (Å²) < 4.78 is 1.75. The van der Waals surface area contributed by atoms with E-state index in [4.69, 9.17) is 5.11 Å². The Morgan fingerprint density at radius 1 is 1.50 bits per heavy atom. The maximum absolute atomic E-state index is 11.7. The molecule has 2 aromatic rings. The molecule has 6 nitrogen and oxygen atoms in total. The van der Waals surface area contributed by atoms with Gasteiger partial charge in [0.05, 0.1) is 6.42 Å². The highest BCUT2D eigenvalue weighted by atomic mass is 16.4. The third-order valence-corrected chi connectivity index (χ3v) is 2.47. The first-order valence-corrected chi connectivity index (χ1v) is 5.51. The second-order valence-electron chi connectivity index (χ2n) is 4.00. The molecule has 0 unspecified atom stereocenters. The van der Waals surface area contributed by atoms with E-state index < -0.39 is 5.97 Å². The third-order valence-electron chi connectivity index (χ3n) is 2.47. The number of aromatic nitrogens is 2. The first-order valence-electron chi connectivity index (χ1n) is 5.51. The van der Waals surface area contributed by atoms with Gasteiger partial charge in [-0.05, 0) is 24.6 Å². The van der Waals surface area contributed by atoms with Gasteiger partial charge in [-0.1, -0.05) is 0 Å². The number of hydrogen-bond donors (Lipinski definition) is 2. The maximum Gasteiger partial charge on any atom is 0.305 e. The van der Waals surface area contributed by atoms with Gasteiger partial charge in [0.15, 0.2) is 0 Å². The summed E-state index contributed by atoms with van der Waals surface area (Å²) in [4.78, 5) is 26.2. The van der Waals surface area contributed by atoms with Gasteiger partial charge in [0.1, 0.15) is 11.3 Å². The Morgan fingerprint density at radius 2 is 2.28 bits per heavy atom. The van der Waals surface area contributed by atoms with Crippen LogP contribution < -0.4 is 5.32 Å². The van der Waals surface area contributed by atoms with Gasteiger partial charge < -0.3 is 14.8 Å². The molecule has 0 aliphatic rings. The minimum absolute atomic E-state index is 0.0983. The SMILES string of the molecule is Cc1ccn2cc(C(=O)NCCC(=O)O)nc2c1. The van der Waals surface area contributed by atoms with Gasteiger partial charge in [-0.25, -0.2) is 4.98 Å². The summed E-state index contributed by atoms with van der Waals surface area (Å²) in [5.41, 5.74) is 2.04. The predicted molar refractivity (Wildman–Crippen MR) is 64.5 cm³/mol. The molecule has 2 heterocycles. The number of nitrogens with one attached hydrogen (secondary N) is 1. The number of imidazole rings is 1. The average molecular weight is 247 g/mol. The van der Waals surface area contributed by atoms with Crippen LogP contribution in [0.1, 0.15) is 22.5 Å². The van der Waals surface area contributed by atoms with E-state index in [1.165, 1.54) is 0 Å². The van der Waals surface area contributed by atoms with Gasteiger partial charge in [0.25, 0.3) is 5.91 Å². The summed E-state index contributed by atoms with van der Waals surface area (Å²) in [5.74, 6) is -1.31. The van der Waals surface area contributed by atoms with E-state index in [1.54, 1.807) is 10.6 Å². The van der Waals surface area contributed by atoms with Crippen LogP contribution >= 0.6 is 0 Å². The van der Waals surface area contributed by atoms with Crippen molar-refractivity contribution in [3.63, 3.8) is 0 Å². The number of carbonyl (C=O) groups excluding carboxylic acids is 1. The molecule has 2 N–H and O–H groups in total. The molecule has 94 valence electrons. The molecule has 0 bridgehead atoms. The smallest absolute Gasteiger partial charge is 0.305 e. The summed E-state index contributed by atoms with van der Waals surface area (Å²) in [6.45, 7) is 2.04. The number of carboxylic acids is 1. The zero-order valence-electron chi connectivity index (χ0n) is 9.88. The summed E-state index contributed by atoms with van der Waals surface area (Å²) in [5, 5.41) is 11.0. The lowest BCUT2D eigenvalue weighted by molar-refractivity contribution is -0.136. The van der Waals surface area contributed by atoms with E-state index >= 15 is 0 Å². The molecular formula is C12H13N3O3. The van der Waals surface area contributed by atoms with Crippen LogP contribution in [0.3, 0.4) is 0 Å². The quantitative estimate of drug-likeness (QED) is 0.838. The fraction of sp³-hybridized carbons (Fsp3) is 0.250. The largest absolute Gasteiger partial charge is 0.481 e. The van der Waals surface area contributed by atoms with Crippen LogP contribution in [0.15, 0.2) is 24.5 Å². The van der Waals surface area contributed by atoms with Crippen LogP contribution in [-0.2, 0) is 4.79 Å². The monoisotopic (exact) mass is 247 g/mol. The molecule has 0 spiro atoms. The minimum Gasteiger partial charge on any atom is -0.481 e. The van der Waals surface area contributed by atoms with Crippen molar-refractivity contribution in [3.8, 4) is 0 Å². The Balaban J connectivity index is 2.10. The van der Waals surface area contributed by atoms with Crippen LogP contribution in [0.4, 0.5) is 0 Å². The summed E-state index contributed by atoms with van der Waals surface area (Å²) in [6, 6.07) is 3.79. The zero-order valence-corrected chi connectivity index (χ0v) is 9.88. The molecule has 18 heavy (non-hydrogen) atoms. The van der Waals surface area contributed by atoms with Gasteiger partial charge >= 0.3 is 5.97 Å². The first kappa shape index (κ1) is 12.1. The lowest BCUT2D eigenvalue weighted by atomic mass is 10.3. The van der Waals surface area contributed by atoms with E-state index in [2.05, 4.69) is 10.3 Å². The van der Waals surface area contributed by atoms with Gasteiger partial charge in [-0.3, -0.25) is 9.59 Å². The van der Waals surface area contributed by atoms with E-state index in [-0.39, 0.29) is 24.6 Å². The number of aryl methyl sites for hydroxylation is 1. The molecule has 6 heteroatoms. The van der Waals surface area contributed by atoms with Crippen LogP contribution in [0, 0.1) is 6.92 Å². The molecule has 0 saturated carbocycles. The molecule has 0 fully saturated rings. The van der Waals surface area contributed by atoms with Gasteiger partial charge in [-0.15, -0.1) is 0 Å². The van der Waals surface area contributed by atoms with Gasteiger partial charge in [0.2, 0.25) is 0 Å². The topological polar surface area (TPSA) is 83.7 Å². The number of carboxylic acid groups (broad SMARTS) is 1. The van der Waals surface area contributed by atoms with Crippen LogP contribution in [-0.4, -0.2) is 32.9 Å². The molecule has 0 aliphatic heterocycles. The lowest BCUT2D eigenvalue weighted by Gasteiger charge is -1.99. The number of amides is 1. The molecule has 2 aromatic heterocycles. The van der Waals surface area contributed by atoms with Crippen LogP contribution in [0.25, 0.3) is 5.65 Å². The average Bonchev–Trinajstić information content (AvgIpc) is 2.71. The number of pyridine rings is 1. The van der Waals surface area contributed by atoms with Crippen LogP contribution in [0.5, 0.6) is 0 Å². The van der Waals surface area contributed by atoms with Crippen LogP contribution in [0.2, 0.25) is 0 Å². The standard InChI is InChI=1S/C12H13N3O3/c1-8-3-5-15-7-9(14-10(15)6-8)12(18)13-4-2-11(16)17/h3,5-7H,2,4H2,1H3,(H,13,18)(H,16,17). The summed E-state index contributed by atoms with van der Waals surface area (Å²) in [6.07, 6.45) is 3.34. The van der Waals surface area contributed by atoms with Crippen molar-refractivity contribution in [3.05, 3.63) is 35.8 Å². The van der Waals surface area contributed by atoms with Crippen molar-refractivity contribution in [1.29, 1.82) is 0 Å². The molecule has 0 atom stereocenters. The normalized spacial score (nSPS) is 10.5. The summed E-state index contributed by atoms with van der Waals surface area (Å²) >= 11 is 0.